The molecule has 3 fully saturated rings. The van der Waals surface area contributed by atoms with Gasteiger partial charge in [0.15, 0.2) is 31.1 Å². The van der Waals surface area contributed by atoms with Crippen LogP contribution < -0.4 is 47.3 Å². The Morgan fingerprint density at radius 1 is 0.325 bits per heavy atom. The van der Waals surface area contributed by atoms with Crippen LogP contribution in [0.3, 0.4) is 0 Å². The van der Waals surface area contributed by atoms with Gasteiger partial charge in [0, 0.05) is 195 Å². The molecule has 3 heterocycles. The molecular formula is C83H125F5N8O30. The molecule has 3 aliphatic heterocycles. The SMILES string of the molecule is CC(=O)NC1C(OCCCCC(=O)NCCCNC(=O)CCC(CCC(=O)NCCCNC(=O)CCCCOC2OC(COC(C)=O)C(OC(C)=O)C(C)C2C)(CCC(=O)NCCCNC(=O)CCCCOC2OC(COC(C)=O)C(OC(C)=O)C(C)C2C)NC(=O)CCCC(=O)Oc2c(F)c(F)c(F)c(F)c2F)OC(COC(C)=O)C(OC(C)=O)C1OC(C)=O. The molecule has 43 heteroatoms. The number of hydrogen-bond donors (Lipinski definition) is 8. The molecule has 38 nitrogen and oxygen atoms in total. The van der Waals surface area contributed by atoms with Gasteiger partial charge in [-0.15, -0.1) is 0 Å². The van der Waals surface area contributed by atoms with Gasteiger partial charge in [0.1, 0.15) is 56.4 Å². The lowest BCUT2D eigenvalue weighted by atomic mass is 9.82. The summed E-state index contributed by atoms with van der Waals surface area (Å²) in [7, 11) is 0. The van der Waals surface area contributed by atoms with Gasteiger partial charge in [-0.3, -0.25) is 76.7 Å². The first-order valence-corrected chi connectivity index (χ1v) is 42.4. The van der Waals surface area contributed by atoms with Crippen LogP contribution in [0.25, 0.3) is 0 Å². The molecule has 3 aliphatic rings. The molecule has 1 aromatic carbocycles. The van der Waals surface area contributed by atoms with E-state index < -0.39 is 211 Å². The van der Waals surface area contributed by atoms with Crippen LogP contribution in [-0.2, 0) is 138 Å². The molecule has 1 aromatic rings. The fraction of sp³-hybridized carbons (Fsp3) is 0.735. The molecule has 0 aromatic heterocycles. The van der Waals surface area contributed by atoms with Gasteiger partial charge in [-0.2, -0.15) is 8.78 Å². The molecule has 712 valence electrons. The van der Waals surface area contributed by atoms with Gasteiger partial charge in [0.25, 0.3) is 0 Å². The van der Waals surface area contributed by atoms with Gasteiger partial charge in [0.05, 0.1) is 0 Å². The summed E-state index contributed by atoms with van der Waals surface area (Å²) in [5, 5.41) is 22.0. The van der Waals surface area contributed by atoms with Crippen molar-refractivity contribution in [2.24, 2.45) is 23.7 Å². The minimum absolute atomic E-state index is 0.00468. The molecule has 0 spiro atoms. The predicted octanol–water partition coefficient (Wildman–Crippen LogP) is 4.72. The Morgan fingerprint density at radius 3 is 0.968 bits per heavy atom. The highest BCUT2D eigenvalue weighted by Crippen LogP contribution is 2.37. The fourth-order valence-corrected chi connectivity index (χ4v) is 13.9. The zero-order valence-electron chi connectivity index (χ0n) is 73.6. The van der Waals surface area contributed by atoms with Gasteiger partial charge < -0.3 is 109 Å². The molecule has 15 unspecified atom stereocenters. The second-order valence-electron chi connectivity index (χ2n) is 31.2. The second kappa shape index (κ2) is 57.1. The van der Waals surface area contributed by atoms with Crippen LogP contribution in [-0.4, -0.2) is 247 Å². The van der Waals surface area contributed by atoms with E-state index in [1.54, 1.807) is 0 Å². The van der Waals surface area contributed by atoms with Crippen LogP contribution in [0.15, 0.2) is 0 Å². The topological polar surface area (TPSA) is 499 Å². The smallest absolute Gasteiger partial charge is 0.311 e. The van der Waals surface area contributed by atoms with E-state index in [0.717, 1.165) is 20.8 Å². The van der Waals surface area contributed by atoms with Gasteiger partial charge >= 0.3 is 47.8 Å². The second-order valence-corrected chi connectivity index (χ2v) is 31.2. The van der Waals surface area contributed by atoms with Crippen molar-refractivity contribution in [2.75, 3.05) is 78.9 Å². The van der Waals surface area contributed by atoms with E-state index in [-0.39, 0.29) is 204 Å². The van der Waals surface area contributed by atoms with Crippen LogP contribution in [0.4, 0.5) is 22.0 Å². The maximum Gasteiger partial charge on any atom is 0.311 e. The lowest BCUT2D eigenvalue weighted by Crippen LogP contribution is -2.66. The Morgan fingerprint density at radius 2 is 0.627 bits per heavy atom. The molecule has 8 amide bonds. The van der Waals surface area contributed by atoms with Gasteiger partial charge in [-0.25, -0.2) is 13.2 Å². The molecular weight excluding hydrogens is 1680 g/mol. The van der Waals surface area contributed by atoms with Crippen molar-refractivity contribution in [1.29, 1.82) is 0 Å². The summed E-state index contributed by atoms with van der Waals surface area (Å²) in [6.07, 6.45) is -10.0. The minimum Gasteiger partial charge on any atom is -0.463 e. The van der Waals surface area contributed by atoms with E-state index in [2.05, 4.69) is 47.3 Å². The van der Waals surface area contributed by atoms with Crippen LogP contribution in [0.5, 0.6) is 5.75 Å². The summed E-state index contributed by atoms with van der Waals surface area (Å²) in [5.41, 5.74) is -1.59. The summed E-state index contributed by atoms with van der Waals surface area (Å²) >= 11 is 0. The first-order valence-electron chi connectivity index (χ1n) is 42.4. The van der Waals surface area contributed by atoms with Gasteiger partial charge in [-0.1, -0.05) is 27.7 Å². The molecule has 126 heavy (non-hydrogen) atoms. The van der Waals surface area contributed by atoms with E-state index >= 15 is 0 Å². The number of rotatable bonds is 56. The first kappa shape index (κ1) is 108. The minimum atomic E-state index is -2.50. The molecule has 15 atom stereocenters. The zero-order chi connectivity index (χ0) is 93.8. The maximum atomic E-state index is 14.5. The van der Waals surface area contributed by atoms with Gasteiger partial charge in [0.2, 0.25) is 82.1 Å². The number of ether oxygens (including phenoxy) is 14. The monoisotopic (exact) mass is 1810 g/mol. The van der Waals surface area contributed by atoms with Crippen LogP contribution in [0, 0.1) is 52.8 Å². The number of hydrogen-bond acceptors (Lipinski definition) is 30. The Balaban J connectivity index is 1.41. The molecule has 0 aliphatic carbocycles. The highest BCUT2D eigenvalue weighted by Gasteiger charge is 2.52. The third-order valence-corrected chi connectivity index (χ3v) is 20.8. The third-order valence-electron chi connectivity index (χ3n) is 20.8. The van der Waals surface area contributed by atoms with E-state index in [1.165, 1.54) is 34.6 Å². The fourth-order valence-electron chi connectivity index (χ4n) is 13.9. The highest BCUT2D eigenvalue weighted by molar-refractivity contribution is 5.82. The number of carbonyl (C=O) groups excluding carboxylic acids is 16. The van der Waals surface area contributed by atoms with Crippen LogP contribution in [0.2, 0.25) is 0 Å². The average molecular weight is 1810 g/mol. The van der Waals surface area contributed by atoms with Crippen molar-refractivity contribution >= 4 is 95.0 Å². The van der Waals surface area contributed by atoms with Crippen molar-refractivity contribution in [1.82, 2.24) is 42.5 Å². The summed E-state index contributed by atoms with van der Waals surface area (Å²) in [5.74, 6) is -24.9. The Hall–Kier alpha value is -9.85. The predicted molar refractivity (Wildman–Crippen MR) is 428 cm³/mol. The average Bonchev–Trinajstić information content (AvgIpc) is 0.799. The number of carbonyl (C=O) groups is 16. The quantitative estimate of drug-likeness (QED) is 0.00831. The lowest BCUT2D eigenvalue weighted by molar-refractivity contribution is -0.277. The van der Waals surface area contributed by atoms with Crippen molar-refractivity contribution in [3.05, 3.63) is 29.1 Å². The Bertz CT molecular complexity index is 3650. The highest BCUT2D eigenvalue weighted by atomic mass is 19.2. The first-order chi connectivity index (χ1) is 59.6. The number of unbranched alkanes of at least 4 members (excludes halogenated alkanes) is 3. The largest absolute Gasteiger partial charge is 0.463 e. The van der Waals surface area contributed by atoms with E-state index in [9.17, 15) is 98.7 Å². The number of amides is 8. The molecule has 4 rings (SSSR count). The van der Waals surface area contributed by atoms with Gasteiger partial charge in [-0.05, 0) is 83.5 Å². The van der Waals surface area contributed by atoms with Crippen molar-refractivity contribution in [3.8, 4) is 5.75 Å². The number of nitrogens with one attached hydrogen (secondary N) is 8. The summed E-state index contributed by atoms with van der Waals surface area (Å²) in [4.78, 5) is 202. The third kappa shape index (κ3) is 40.4. The summed E-state index contributed by atoms with van der Waals surface area (Å²) in [6, 6.07) is -1.21. The molecule has 0 radical (unpaired) electrons. The van der Waals surface area contributed by atoms with Crippen molar-refractivity contribution in [2.45, 2.75) is 291 Å². The standard InChI is InChI=1S/C83H125F5N8O30/c1-46-48(3)80(123-58(43-116-51(6)98)75(46)119-54(9)101)113-40-16-13-23-61(105)89-34-20-37-92-64(108)28-31-83(96-67(111)26-19-27-68(112)126-78-72(87)70(85)69(84)71(86)73(78)88,32-29-65(109)93-38-21-35-90-62(106)24-14-17-41-114-81-49(4)47(2)76(120-55(10)102)59(124-81)44-117-52(7)99)33-30-66(110)94-39-22-36-91-63(107)25-15-18-42-115-82-74(95-50(5)97)79(122-57(12)104)77(121-56(11)103)60(125-82)45-118-53(8)100/h46-49,58-60,74-77,79-82H,13-45H2,1-12H3,(H,89,105)(H,90,106)(H,91,107)(H,92,108)(H,93,109)(H,94,110)(H,95,97)(H,96,111). The summed E-state index contributed by atoms with van der Waals surface area (Å²) in [6.45, 7) is 17.0. The van der Waals surface area contributed by atoms with Crippen molar-refractivity contribution in [3.63, 3.8) is 0 Å². The normalized spacial score (nSPS) is 22.4. The maximum absolute atomic E-state index is 14.5. The van der Waals surface area contributed by atoms with E-state index in [0.29, 0.717) is 25.7 Å². The number of esters is 8. The lowest BCUT2D eigenvalue weighted by Gasteiger charge is -2.44. The Labute approximate surface area is 728 Å². The number of halogens is 5. The van der Waals surface area contributed by atoms with E-state index in [4.69, 9.17) is 61.6 Å². The summed E-state index contributed by atoms with van der Waals surface area (Å²) < 4.78 is 149. The molecule has 3 saturated heterocycles. The number of benzene rings is 1. The molecule has 0 saturated carbocycles. The molecule has 0 bridgehead atoms. The van der Waals surface area contributed by atoms with E-state index in [1.807, 2.05) is 27.7 Å². The Kier molecular flexibility index (Phi) is 49.1. The van der Waals surface area contributed by atoms with Crippen LogP contribution >= 0.6 is 0 Å². The zero-order valence-corrected chi connectivity index (χ0v) is 73.6. The van der Waals surface area contributed by atoms with Crippen molar-refractivity contribution < 1.29 is 165 Å². The van der Waals surface area contributed by atoms with Crippen LogP contribution in [0.1, 0.15) is 218 Å². The molecule has 8 N–H and O–H groups in total.